The van der Waals surface area contributed by atoms with E-state index in [1.54, 1.807) is 25.1 Å². The Bertz CT molecular complexity index is 728. The van der Waals surface area contributed by atoms with Gasteiger partial charge < -0.3 is 4.74 Å². The Hall–Kier alpha value is -2.08. The number of ether oxygens (including phenoxy) is 1. The molecule has 0 aliphatic rings. The number of pyridine rings is 1. The van der Waals surface area contributed by atoms with E-state index in [0.717, 1.165) is 5.56 Å². The number of aromatic nitrogens is 1. The molecule has 5 nitrogen and oxygen atoms in total. The topological polar surface area (TPSA) is 68.3 Å². The van der Waals surface area contributed by atoms with Crippen LogP contribution in [0.4, 0.5) is 5.69 Å². The number of sulfonamides is 1. The number of nitrogens with zero attached hydrogens (tertiary/aromatic N) is 1. The van der Waals surface area contributed by atoms with Crippen molar-refractivity contribution in [2.75, 3.05) is 11.3 Å². The fourth-order valence-corrected chi connectivity index (χ4v) is 3.35. The van der Waals surface area contributed by atoms with Crippen LogP contribution in [0.3, 0.4) is 0 Å². The number of nitrogens with one attached hydrogen (secondary N) is 1. The van der Waals surface area contributed by atoms with E-state index in [-0.39, 0.29) is 4.90 Å². The highest BCUT2D eigenvalue weighted by atomic mass is 32.2. The second kappa shape index (κ2) is 6.13. The van der Waals surface area contributed by atoms with Crippen LogP contribution in [0.2, 0.25) is 0 Å². The molecule has 0 bridgehead atoms. The lowest BCUT2D eigenvalue weighted by Crippen LogP contribution is -2.14. The quantitative estimate of drug-likeness (QED) is 0.922. The summed E-state index contributed by atoms with van der Waals surface area (Å²) < 4.78 is 33.0. The van der Waals surface area contributed by atoms with E-state index in [2.05, 4.69) is 9.71 Å². The first kappa shape index (κ1) is 15.3. The van der Waals surface area contributed by atoms with Crippen molar-refractivity contribution in [3.8, 4) is 5.75 Å². The summed E-state index contributed by atoms with van der Waals surface area (Å²) in [5.74, 6) is 0.582. The maximum absolute atomic E-state index is 12.5. The first-order valence-electron chi connectivity index (χ1n) is 6.61. The van der Waals surface area contributed by atoms with E-state index in [1.807, 2.05) is 19.9 Å². The maximum Gasteiger partial charge on any atom is 0.262 e. The second-order valence-corrected chi connectivity index (χ2v) is 6.31. The number of anilines is 1. The fraction of sp³-hybridized carbons (Fsp3) is 0.267. The van der Waals surface area contributed by atoms with Crippen LogP contribution in [-0.4, -0.2) is 20.0 Å². The number of hydrogen-bond donors (Lipinski definition) is 1. The molecule has 0 radical (unpaired) electrons. The van der Waals surface area contributed by atoms with E-state index in [9.17, 15) is 8.42 Å². The van der Waals surface area contributed by atoms with Crippen LogP contribution in [0, 0.1) is 13.8 Å². The first-order valence-corrected chi connectivity index (χ1v) is 8.09. The molecule has 21 heavy (non-hydrogen) atoms. The van der Waals surface area contributed by atoms with Crippen molar-refractivity contribution in [3.05, 3.63) is 47.8 Å². The zero-order valence-corrected chi connectivity index (χ0v) is 13.1. The summed E-state index contributed by atoms with van der Waals surface area (Å²) >= 11 is 0. The van der Waals surface area contributed by atoms with Crippen LogP contribution in [0.5, 0.6) is 5.75 Å². The van der Waals surface area contributed by atoms with Crippen molar-refractivity contribution >= 4 is 15.7 Å². The first-order chi connectivity index (χ1) is 9.94. The van der Waals surface area contributed by atoms with Gasteiger partial charge in [-0.15, -0.1) is 0 Å². The number of benzene rings is 1. The minimum atomic E-state index is -3.66. The summed E-state index contributed by atoms with van der Waals surface area (Å²) in [5, 5.41) is 0. The molecule has 0 amide bonds. The van der Waals surface area contributed by atoms with E-state index in [0.29, 0.717) is 23.6 Å². The zero-order valence-electron chi connectivity index (χ0n) is 12.3. The molecule has 1 aromatic carbocycles. The predicted octanol–water partition coefficient (Wildman–Crippen LogP) is 2.90. The Morgan fingerprint density at radius 2 is 1.81 bits per heavy atom. The molecule has 0 aliphatic heterocycles. The molecule has 2 aromatic rings. The van der Waals surface area contributed by atoms with Crippen LogP contribution in [0.15, 0.2) is 41.6 Å². The van der Waals surface area contributed by atoms with Crippen molar-refractivity contribution in [3.63, 3.8) is 0 Å². The summed E-state index contributed by atoms with van der Waals surface area (Å²) in [4.78, 5) is 4.08. The van der Waals surface area contributed by atoms with Crippen LogP contribution in [-0.2, 0) is 10.0 Å². The average molecular weight is 306 g/mol. The molecule has 0 spiro atoms. The van der Waals surface area contributed by atoms with E-state index < -0.39 is 10.0 Å². The molecule has 1 aromatic heterocycles. The van der Waals surface area contributed by atoms with Crippen LogP contribution < -0.4 is 9.46 Å². The summed E-state index contributed by atoms with van der Waals surface area (Å²) in [6, 6.07) is 6.58. The standard InChI is InChI=1S/C15H18N2O3S/c1-4-20-14-10-15(12(3)9-11(14)2)21(18,19)17-13-5-7-16-8-6-13/h5-10H,4H2,1-3H3,(H,16,17). The summed E-state index contributed by atoms with van der Waals surface area (Å²) in [6.07, 6.45) is 3.07. The van der Waals surface area contributed by atoms with Gasteiger partial charge in [-0.1, -0.05) is 6.07 Å². The highest BCUT2D eigenvalue weighted by molar-refractivity contribution is 7.92. The molecule has 0 unspecified atom stereocenters. The van der Waals surface area contributed by atoms with Gasteiger partial charge in [0.2, 0.25) is 0 Å². The van der Waals surface area contributed by atoms with Crippen LogP contribution >= 0.6 is 0 Å². The Labute approximate surface area is 125 Å². The number of aryl methyl sites for hydroxylation is 2. The molecule has 0 saturated heterocycles. The molecule has 0 fully saturated rings. The predicted molar refractivity (Wildman–Crippen MR) is 82.1 cm³/mol. The maximum atomic E-state index is 12.5. The Kier molecular flexibility index (Phi) is 4.47. The third-order valence-electron chi connectivity index (χ3n) is 2.99. The number of rotatable bonds is 5. The van der Waals surface area contributed by atoms with Gasteiger partial charge in [0.25, 0.3) is 10.0 Å². The Balaban J connectivity index is 2.42. The Morgan fingerprint density at radius 1 is 1.14 bits per heavy atom. The van der Waals surface area contributed by atoms with Crippen molar-refractivity contribution < 1.29 is 13.2 Å². The Morgan fingerprint density at radius 3 is 2.43 bits per heavy atom. The van der Waals surface area contributed by atoms with Crippen molar-refractivity contribution in [2.45, 2.75) is 25.7 Å². The SMILES string of the molecule is CCOc1cc(S(=O)(=O)Nc2ccncc2)c(C)cc1C. The molecule has 112 valence electrons. The highest BCUT2D eigenvalue weighted by Gasteiger charge is 2.19. The van der Waals surface area contributed by atoms with Gasteiger partial charge in [-0.05, 0) is 44.0 Å². The van der Waals surface area contributed by atoms with E-state index in [1.165, 1.54) is 12.4 Å². The van der Waals surface area contributed by atoms with Gasteiger partial charge in [0.1, 0.15) is 5.75 Å². The molecule has 0 saturated carbocycles. The number of hydrogen-bond acceptors (Lipinski definition) is 4. The van der Waals surface area contributed by atoms with Gasteiger partial charge in [-0.25, -0.2) is 8.42 Å². The van der Waals surface area contributed by atoms with Gasteiger partial charge in [0, 0.05) is 18.5 Å². The fourth-order valence-electron chi connectivity index (χ4n) is 2.04. The molecule has 1 heterocycles. The smallest absolute Gasteiger partial charge is 0.262 e. The highest BCUT2D eigenvalue weighted by Crippen LogP contribution is 2.27. The third kappa shape index (κ3) is 3.52. The second-order valence-electron chi connectivity index (χ2n) is 4.66. The van der Waals surface area contributed by atoms with E-state index in [4.69, 9.17) is 4.74 Å². The summed E-state index contributed by atoms with van der Waals surface area (Å²) in [7, 11) is -3.66. The summed E-state index contributed by atoms with van der Waals surface area (Å²) in [6.45, 7) is 6.01. The van der Waals surface area contributed by atoms with E-state index >= 15 is 0 Å². The molecule has 2 rings (SSSR count). The van der Waals surface area contributed by atoms with Gasteiger partial charge in [0.15, 0.2) is 0 Å². The van der Waals surface area contributed by atoms with Gasteiger partial charge in [0.05, 0.1) is 17.2 Å². The van der Waals surface area contributed by atoms with Gasteiger partial charge >= 0.3 is 0 Å². The lowest BCUT2D eigenvalue weighted by Gasteiger charge is -2.14. The van der Waals surface area contributed by atoms with Crippen LogP contribution in [0.25, 0.3) is 0 Å². The van der Waals surface area contributed by atoms with Gasteiger partial charge in [-0.2, -0.15) is 0 Å². The molecule has 6 heteroatoms. The lowest BCUT2D eigenvalue weighted by molar-refractivity contribution is 0.337. The lowest BCUT2D eigenvalue weighted by atomic mass is 10.1. The largest absolute Gasteiger partial charge is 0.494 e. The van der Waals surface area contributed by atoms with Crippen molar-refractivity contribution in [1.29, 1.82) is 0 Å². The van der Waals surface area contributed by atoms with Crippen LogP contribution in [0.1, 0.15) is 18.1 Å². The minimum absolute atomic E-state index is 0.216. The molecular formula is C15H18N2O3S. The molecule has 0 aliphatic carbocycles. The minimum Gasteiger partial charge on any atom is -0.494 e. The van der Waals surface area contributed by atoms with Crippen molar-refractivity contribution in [1.82, 2.24) is 4.98 Å². The average Bonchev–Trinajstić information content (AvgIpc) is 2.42. The van der Waals surface area contributed by atoms with Crippen molar-refractivity contribution in [2.24, 2.45) is 0 Å². The molecule has 0 atom stereocenters. The molecular weight excluding hydrogens is 288 g/mol. The summed E-state index contributed by atoms with van der Waals surface area (Å²) in [5.41, 5.74) is 2.07. The zero-order chi connectivity index (χ0) is 15.5. The monoisotopic (exact) mass is 306 g/mol. The third-order valence-corrected chi connectivity index (χ3v) is 4.52. The normalized spacial score (nSPS) is 11.2. The molecule has 1 N–H and O–H groups in total. The van der Waals surface area contributed by atoms with Gasteiger partial charge in [-0.3, -0.25) is 9.71 Å².